The van der Waals surface area contributed by atoms with Gasteiger partial charge in [0.25, 0.3) is 0 Å². The van der Waals surface area contributed by atoms with Gasteiger partial charge in [-0.3, -0.25) is 0 Å². The van der Waals surface area contributed by atoms with Gasteiger partial charge in [-0.25, -0.2) is 0 Å². The maximum absolute atomic E-state index is 3.53. The molecule has 0 radical (unpaired) electrons. The summed E-state index contributed by atoms with van der Waals surface area (Å²) in [4.78, 5) is 2.36. The molecule has 0 aromatic heterocycles. The van der Waals surface area contributed by atoms with E-state index in [9.17, 15) is 0 Å². The highest BCUT2D eigenvalue weighted by molar-refractivity contribution is 4.80. The molecule has 0 amide bonds. The minimum absolute atomic E-state index is 0.797. The first kappa shape index (κ1) is 10.0. The minimum atomic E-state index is 0.797. The summed E-state index contributed by atoms with van der Waals surface area (Å²) in [6, 6.07) is 1.63. The fraction of sp³-hybridized carbons (Fsp3) is 1.00. The Kier molecular flexibility index (Phi) is 4.02. The van der Waals surface area contributed by atoms with E-state index in [2.05, 4.69) is 31.2 Å². The van der Waals surface area contributed by atoms with Crippen molar-refractivity contribution in [3.05, 3.63) is 0 Å². The fourth-order valence-corrected chi connectivity index (χ4v) is 2.09. The zero-order valence-corrected chi connectivity index (χ0v) is 8.64. The number of hydrogen-bond acceptors (Lipinski definition) is 2. The fourth-order valence-electron chi connectivity index (χ4n) is 2.09. The summed E-state index contributed by atoms with van der Waals surface area (Å²) < 4.78 is 0. The number of rotatable bonds is 3. The van der Waals surface area contributed by atoms with Crippen molar-refractivity contribution in [1.82, 2.24) is 10.2 Å². The topological polar surface area (TPSA) is 15.3 Å². The lowest BCUT2D eigenvalue weighted by Gasteiger charge is -2.32. The van der Waals surface area contributed by atoms with E-state index >= 15 is 0 Å². The molecule has 2 nitrogen and oxygen atoms in total. The van der Waals surface area contributed by atoms with Crippen molar-refractivity contribution >= 4 is 0 Å². The molecule has 0 saturated heterocycles. The summed E-state index contributed by atoms with van der Waals surface area (Å²) in [5.41, 5.74) is 0. The SMILES string of the molecule is CCN[C@H]1CC[C@H](N(C)C)CC1. The van der Waals surface area contributed by atoms with E-state index in [1.54, 1.807) is 0 Å². The molecule has 1 rings (SSSR count). The van der Waals surface area contributed by atoms with Crippen LogP contribution in [0.5, 0.6) is 0 Å². The third kappa shape index (κ3) is 2.76. The van der Waals surface area contributed by atoms with Gasteiger partial charge in [0, 0.05) is 12.1 Å². The average molecular weight is 170 g/mol. The molecule has 12 heavy (non-hydrogen) atoms. The van der Waals surface area contributed by atoms with Crippen molar-refractivity contribution in [2.24, 2.45) is 0 Å². The predicted molar refractivity (Wildman–Crippen MR) is 53.4 cm³/mol. The van der Waals surface area contributed by atoms with Crippen LogP contribution in [0.25, 0.3) is 0 Å². The van der Waals surface area contributed by atoms with Crippen molar-refractivity contribution in [1.29, 1.82) is 0 Å². The van der Waals surface area contributed by atoms with Gasteiger partial charge in [-0.15, -0.1) is 0 Å². The van der Waals surface area contributed by atoms with Crippen LogP contribution in [-0.4, -0.2) is 37.6 Å². The normalized spacial score (nSPS) is 31.0. The predicted octanol–water partition coefficient (Wildman–Crippen LogP) is 1.47. The maximum Gasteiger partial charge on any atom is 0.00903 e. The van der Waals surface area contributed by atoms with Crippen LogP contribution in [0, 0.1) is 0 Å². The Labute approximate surface area is 76.3 Å². The summed E-state index contributed by atoms with van der Waals surface area (Å²) in [6.45, 7) is 3.31. The average Bonchev–Trinajstić information content (AvgIpc) is 2.06. The third-order valence-corrected chi connectivity index (χ3v) is 2.92. The zero-order valence-electron chi connectivity index (χ0n) is 8.64. The maximum atomic E-state index is 3.53. The molecule has 0 aromatic carbocycles. The van der Waals surface area contributed by atoms with E-state index in [0.29, 0.717) is 0 Å². The highest BCUT2D eigenvalue weighted by Crippen LogP contribution is 2.21. The highest BCUT2D eigenvalue weighted by Gasteiger charge is 2.21. The molecule has 0 atom stereocenters. The third-order valence-electron chi connectivity index (χ3n) is 2.92. The first-order valence-electron chi connectivity index (χ1n) is 5.13. The smallest absolute Gasteiger partial charge is 0.00903 e. The molecule has 0 aliphatic heterocycles. The van der Waals surface area contributed by atoms with Crippen LogP contribution in [-0.2, 0) is 0 Å². The second-order valence-corrected chi connectivity index (χ2v) is 4.03. The molecule has 0 aromatic rings. The molecule has 1 aliphatic rings. The number of nitrogens with one attached hydrogen (secondary N) is 1. The van der Waals surface area contributed by atoms with Gasteiger partial charge >= 0.3 is 0 Å². The van der Waals surface area contributed by atoms with Crippen molar-refractivity contribution in [3.63, 3.8) is 0 Å². The largest absolute Gasteiger partial charge is 0.314 e. The van der Waals surface area contributed by atoms with Crippen molar-refractivity contribution in [2.45, 2.75) is 44.7 Å². The van der Waals surface area contributed by atoms with Gasteiger partial charge in [0.1, 0.15) is 0 Å². The van der Waals surface area contributed by atoms with Gasteiger partial charge < -0.3 is 10.2 Å². The van der Waals surface area contributed by atoms with Crippen LogP contribution in [0.4, 0.5) is 0 Å². The molecule has 0 heterocycles. The van der Waals surface area contributed by atoms with E-state index < -0.39 is 0 Å². The van der Waals surface area contributed by atoms with E-state index in [0.717, 1.165) is 18.6 Å². The zero-order chi connectivity index (χ0) is 8.97. The van der Waals surface area contributed by atoms with Gasteiger partial charge in [-0.05, 0) is 46.3 Å². The molecule has 72 valence electrons. The molecule has 1 N–H and O–H groups in total. The molecule has 0 spiro atoms. The minimum Gasteiger partial charge on any atom is -0.314 e. The van der Waals surface area contributed by atoms with Gasteiger partial charge in [-0.2, -0.15) is 0 Å². The van der Waals surface area contributed by atoms with E-state index in [-0.39, 0.29) is 0 Å². The first-order valence-corrected chi connectivity index (χ1v) is 5.13. The van der Waals surface area contributed by atoms with Crippen molar-refractivity contribution < 1.29 is 0 Å². The quantitative estimate of drug-likeness (QED) is 0.690. The van der Waals surface area contributed by atoms with Crippen molar-refractivity contribution in [2.75, 3.05) is 20.6 Å². The standard InChI is InChI=1S/C10H22N2/c1-4-11-9-5-7-10(8-6-9)12(2)3/h9-11H,4-8H2,1-3H3/t9-,10-. The lowest BCUT2D eigenvalue weighted by molar-refractivity contribution is 0.205. The van der Waals surface area contributed by atoms with Crippen LogP contribution in [0.3, 0.4) is 0 Å². The Morgan fingerprint density at radius 1 is 1.17 bits per heavy atom. The first-order chi connectivity index (χ1) is 5.74. The summed E-state index contributed by atoms with van der Waals surface area (Å²) in [6.07, 6.45) is 5.45. The van der Waals surface area contributed by atoms with Crippen LogP contribution in [0.2, 0.25) is 0 Å². The lowest BCUT2D eigenvalue weighted by atomic mass is 9.90. The van der Waals surface area contributed by atoms with Gasteiger partial charge in [-0.1, -0.05) is 6.92 Å². The Morgan fingerprint density at radius 3 is 2.17 bits per heavy atom. The van der Waals surface area contributed by atoms with Crippen LogP contribution in [0.1, 0.15) is 32.6 Å². The Hall–Kier alpha value is -0.0800. The molecule has 0 bridgehead atoms. The summed E-state index contributed by atoms with van der Waals surface area (Å²) in [5.74, 6) is 0. The van der Waals surface area contributed by atoms with Gasteiger partial charge in [0.05, 0.1) is 0 Å². The summed E-state index contributed by atoms with van der Waals surface area (Å²) in [5, 5.41) is 3.53. The van der Waals surface area contributed by atoms with E-state index in [1.807, 2.05) is 0 Å². The second kappa shape index (κ2) is 4.83. The molecular formula is C10H22N2. The van der Waals surface area contributed by atoms with Crippen LogP contribution in [0.15, 0.2) is 0 Å². The van der Waals surface area contributed by atoms with E-state index in [4.69, 9.17) is 0 Å². The molecule has 1 aliphatic carbocycles. The molecular weight excluding hydrogens is 148 g/mol. The van der Waals surface area contributed by atoms with Crippen molar-refractivity contribution in [3.8, 4) is 0 Å². The Balaban J connectivity index is 2.20. The summed E-state index contributed by atoms with van der Waals surface area (Å²) >= 11 is 0. The summed E-state index contributed by atoms with van der Waals surface area (Å²) in [7, 11) is 4.39. The molecule has 1 fully saturated rings. The Morgan fingerprint density at radius 2 is 1.75 bits per heavy atom. The van der Waals surface area contributed by atoms with Crippen LogP contribution < -0.4 is 5.32 Å². The second-order valence-electron chi connectivity index (χ2n) is 4.03. The number of hydrogen-bond donors (Lipinski definition) is 1. The Bertz CT molecular complexity index is 115. The molecule has 1 saturated carbocycles. The van der Waals surface area contributed by atoms with Gasteiger partial charge in [0.15, 0.2) is 0 Å². The number of nitrogens with zero attached hydrogens (tertiary/aromatic N) is 1. The molecule has 0 unspecified atom stereocenters. The van der Waals surface area contributed by atoms with E-state index in [1.165, 1.54) is 25.7 Å². The van der Waals surface area contributed by atoms with Crippen LogP contribution >= 0.6 is 0 Å². The lowest BCUT2D eigenvalue weighted by Crippen LogP contribution is -2.39. The van der Waals surface area contributed by atoms with Gasteiger partial charge in [0.2, 0.25) is 0 Å². The highest BCUT2D eigenvalue weighted by atomic mass is 15.1. The monoisotopic (exact) mass is 170 g/mol. The molecule has 2 heteroatoms.